The van der Waals surface area contributed by atoms with Gasteiger partial charge in [-0.05, 0) is 12.8 Å². The van der Waals surface area contributed by atoms with Crippen molar-refractivity contribution >= 4 is 11.6 Å². The minimum Gasteiger partial charge on any atom is -0.329 e. The number of anilines is 1. The molecule has 118 valence electrons. The Kier molecular flexibility index (Phi) is 6.20. The Morgan fingerprint density at radius 3 is 2.24 bits per heavy atom. The Bertz CT molecular complexity index is 500. The standard InChI is InChI=1S/C15H21F3N2O/c1-3-5-15(9-19,6-4-2)14(21)20-12-8-10(16)7-11(17)13(12)18/h7-8H,3-6,9,19H2,1-2H3,(H,20,21). The van der Waals surface area contributed by atoms with E-state index in [0.717, 1.165) is 18.9 Å². The van der Waals surface area contributed by atoms with Crippen molar-refractivity contribution in [3.05, 3.63) is 29.6 Å². The third-order valence-electron chi connectivity index (χ3n) is 3.57. The number of carbonyl (C=O) groups is 1. The molecule has 0 heterocycles. The van der Waals surface area contributed by atoms with Crippen LogP contribution in [0.2, 0.25) is 0 Å². The van der Waals surface area contributed by atoms with E-state index in [4.69, 9.17) is 5.73 Å². The Balaban J connectivity index is 3.07. The van der Waals surface area contributed by atoms with Gasteiger partial charge in [-0.2, -0.15) is 0 Å². The number of hydrogen-bond donors (Lipinski definition) is 2. The quantitative estimate of drug-likeness (QED) is 0.756. The van der Waals surface area contributed by atoms with Crippen molar-refractivity contribution in [1.82, 2.24) is 0 Å². The molecule has 0 atom stereocenters. The molecule has 0 fully saturated rings. The van der Waals surface area contributed by atoms with Crippen LogP contribution in [0.1, 0.15) is 39.5 Å². The molecule has 6 heteroatoms. The highest BCUT2D eigenvalue weighted by molar-refractivity contribution is 5.95. The fourth-order valence-electron chi connectivity index (χ4n) is 2.51. The number of nitrogens with two attached hydrogens (primary N) is 1. The Labute approximate surface area is 122 Å². The molecular formula is C15H21F3N2O. The van der Waals surface area contributed by atoms with Gasteiger partial charge in [0, 0.05) is 18.7 Å². The molecule has 3 N–H and O–H groups in total. The van der Waals surface area contributed by atoms with Crippen LogP contribution in [0.15, 0.2) is 12.1 Å². The molecule has 1 amide bonds. The van der Waals surface area contributed by atoms with Gasteiger partial charge >= 0.3 is 0 Å². The van der Waals surface area contributed by atoms with Crippen LogP contribution in [0.5, 0.6) is 0 Å². The fraction of sp³-hybridized carbons (Fsp3) is 0.533. The second-order valence-electron chi connectivity index (χ2n) is 5.19. The minimum absolute atomic E-state index is 0.0972. The van der Waals surface area contributed by atoms with Crippen molar-refractivity contribution in [2.24, 2.45) is 11.1 Å². The molecule has 0 saturated carbocycles. The Morgan fingerprint density at radius 1 is 1.19 bits per heavy atom. The van der Waals surface area contributed by atoms with Crippen molar-refractivity contribution in [2.75, 3.05) is 11.9 Å². The average molecular weight is 302 g/mol. The van der Waals surface area contributed by atoms with Gasteiger partial charge in [-0.1, -0.05) is 26.7 Å². The topological polar surface area (TPSA) is 55.1 Å². The predicted octanol–water partition coefficient (Wildman–Crippen LogP) is 3.59. The molecule has 0 aliphatic carbocycles. The second kappa shape index (κ2) is 7.45. The predicted molar refractivity (Wildman–Crippen MR) is 76.2 cm³/mol. The van der Waals surface area contributed by atoms with Crippen molar-refractivity contribution in [3.63, 3.8) is 0 Å². The molecule has 1 aromatic rings. The van der Waals surface area contributed by atoms with Gasteiger partial charge in [0.2, 0.25) is 5.91 Å². The van der Waals surface area contributed by atoms with Gasteiger partial charge in [-0.15, -0.1) is 0 Å². The summed E-state index contributed by atoms with van der Waals surface area (Å²) in [4.78, 5) is 12.4. The van der Waals surface area contributed by atoms with Crippen LogP contribution in [-0.4, -0.2) is 12.5 Å². The molecule has 0 aliphatic rings. The minimum atomic E-state index is -1.34. The summed E-state index contributed by atoms with van der Waals surface area (Å²) in [5.41, 5.74) is 4.38. The highest BCUT2D eigenvalue weighted by atomic mass is 19.2. The van der Waals surface area contributed by atoms with E-state index >= 15 is 0 Å². The molecule has 0 aromatic heterocycles. The number of hydrogen-bond acceptors (Lipinski definition) is 2. The highest BCUT2D eigenvalue weighted by Crippen LogP contribution is 2.31. The van der Waals surface area contributed by atoms with E-state index in [1.54, 1.807) is 0 Å². The van der Waals surface area contributed by atoms with Crippen molar-refractivity contribution < 1.29 is 18.0 Å². The summed E-state index contributed by atoms with van der Waals surface area (Å²) in [6.07, 6.45) is 2.51. The van der Waals surface area contributed by atoms with Gasteiger partial charge in [0.05, 0.1) is 11.1 Å². The van der Waals surface area contributed by atoms with E-state index in [1.807, 2.05) is 13.8 Å². The lowest BCUT2D eigenvalue weighted by atomic mass is 9.78. The van der Waals surface area contributed by atoms with Gasteiger partial charge in [-0.25, -0.2) is 13.2 Å². The number of carbonyl (C=O) groups excluding carboxylic acids is 1. The lowest BCUT2D eigenvalue weighted by Gasteiger charge is -2.30. The number of nitrogens with one attached hydrogen (secondary N) is 1. The van der Waals surface area contributed by atoms with E-state index in [0.29, 0.717) is 18.9 Å². The third-order valence-corrected chi connectivity index (χ3v) is 3.57. The van der Waals surface area contributed by atoms with Crippen LogP contribution in [0.25, 0.3) is 0 Å². The first-order chi connectivity index (χ1) is 9.90. The summed E-state index contributed by atoms with van der Waals surface area (Å²) >= 11 is 0. The van der Waals surface area contributed by atoms with E-state index in [1.165, 1.54) is 0 Å². The number of halogens is 3. The first-order valence-electron chi connectivity index (χ1n) is 7.06. The average Bonchev–Trinajstić information content (AvgIpc) is 2.43. The molecule has 0 saturated heterocycles. The van der Waals surface area contributed by atoms with Crippen LogP contribution in [0.4, 0.5) is 18.9 Å². The molecule has 1 rings (SSSR count). The summed E-state index contributed by atoms with van der Waals surface area (Å²) in [5, 5.41) is 2.28. The van der Waals surface area contributed by atoms with Gasteiger partial charge < -0.3 is 11.1 Å². The summed E-state index contributed by atoms with van der Waals surface area (Å²) < 4.78 is 39.9. The molecule has 21 heavy (non-hydrogen) atoms. The van der Waals surface area contributed by atoms with Crippen LogP contribution in [0.3, 0.4) is 0 Å². The zero-order chi connectivity index (χ0) is 16.0. The van der Waals surface area contributed by atoms with Crippen molar-refractivity contribution in [3.8, 4) is 0 Å². The van der Waals surface area contributed by atoms with Crippen LogP contribution < -0.4 is 11.1 Å². The van der Waals surface area contributed by atoms with E-state index < -0.39 is 34.5 Å². The third kappa shape index (κ3) is 3.97. The van der Waals surface area contributed by atoms with Gasteiger partial charge in [0.1, 0.15) is 5.82 Å². The first-order valence-corrected chi connectivity index (χ1v) is 7.06. The Morgan fingerprint density at radius 2 is 1.76 bits per heavy atom. The summed E-state index contributed by atoms with van der Waals surface area (Å²) in [6.45, 7) is 3.92. The maximum Gasteiger partial charge on any atom is 0.231 e. The monoisotopic (exact) mass is 302 g/mol. The van der Waals surface area contributed by atoms with Crippen LogP contribution >= 0.6 is 0 Å². The van der Waals surface area contributed by atoms with Crippen molar-refractivity contribution in [1.29, 1.82) is 0 Å². The SMILES string of the molecule is CCCC(CN)(CCC)C(=O)Nc1cc(F)cc(F)c1F. The molecule has 0 spiro atoms. The largest absolute Gasteiger partial charge is 0.329 e. The normalized spacial score (nSPS) is 11.5. The Hall–Kier alpha value is -1.56. The number of amides is 1. The zero-order valence-electron chi connectivity index (χ0n) is 12.3. The van der Waals surface area contributed by atoms with Gasteiger partial charge in [-0.3, -0.25) is 4.79 Å². The smallest absolute Gasteiger partial charge is 0.231 e. The lowest BCUT2D eigenvalue weighted by molar-refractivity contribution is -0.126. The first kappa shape index (κ1) is 17.5. The molecule has 1 aromatic carbocycles. The lowest BCUT2D eigenvalue weighted by Crippen LogP contribution is -2.42. The number of benzene rings is 1. The maximum atomic E-state index is 13.6. The summed E-state index contributed by atoms with van der Waals surface area (Å²) in [7, 11) is 0. The van der Waals surface area contributed by atoms with Crippen LogP contribution in [0, 0.1) is 22.9 Å². The van der Waals surface area contributed by atoms with E-state index in [9.17, 15) is 18.0 Å². The van der Waals surface area contributed by atoms with E-state index in [-0.39, 0.29) is 6.54 Å². The van der Waals surface area contributed by atoms with Gasteiger partial charge in [0.25, 0.3) is 0 Å². The van der Waals surface area contributed by atoms with Crippen molar-refractivity contribution in [2.45, 2.75) is 39.5 Å². The molecule has 0 radical (unpaired) electrons. The summed E-state index contributed by atoms with van der Waals surface area (Å²) in [6, 6.07) is 1.19. The highest BCUT2D eigenvalue weighted by Gasteiger charge is 2.35. The molecule has 3 nitrogen and oxygen atoms in total. The van der Waals surface area contributed by atoms with E-state index in [2.05, 4.69) is 5.32 Å². The fourth-order valence-corrected chi connectivity index (χ4v) is 2.51. The molecule has 0 unspecified atom stereocenters. The number of rotatable bonds is 7. The van der Waals surface area contributed by atoms with Crippen LogP contribution in [-0.2, 0) is 4.79 Å². The second-order valence-corrected chi connectivity index (χ2v) is 5.19. The zero-order valence-corrected chi connectivity index (χ0v) is 12.3. The molecular weight excluding hydrogens is 281 g/mol. The molecule has 0 aliphatic heterocycles. The van der Waals surface area contributed by atoms with Gasteiger partial charge in [0.15, 0.2) is 11.6 Å². The molecule has 0 bridgehead atoms. The maximum absolute atomic E-state index is 13.6. The summed E-state index contributed by atoms with van der Waals surface area (Å²) in [5.74, 6) is -4.07.